The van der Waals surface area contributed by atoms with Gasteiger partial charge < -0.3 is 10.1 Å². The fraction of sp³-hybridized carbons (Fsp3) is 0.583. The van der Waals surface area contributed by atoms with Gasteiger partial charge >= 0.3 is 6.61 Å². The van der Waals surface area contributed by atoms with Crippen LogP contribution in [0.15, 0.2) is 18.2 Å². The van der Waals surface area contributed by atoms with Crippen LogP contribution in [0, 0.1) is 17.7 Å². The molecule has 2 fully saturated rings. The van der Waals surface area contributed by atoms with Gasteiger partial charge in [0.1, 0.15) is 11.6 Å². The molecular formula is C24H30F3N3O4S. The number of nitrogens with zero attached hydrogens (tertiary/aromatic N) is 2. The van der Waals surface area contributed by atoms with E-state index in [-0.39, 0.29) is 40.7 Å². The third kappa shape index (κ3) is 4.90. The van der Waals surface area contributed by atoms with Crippen molar-refractivity contribution in [2.24, 2.45) is 11.8 Å². The topological polar surface area (TPSA) is 96.6 Å². The number of alkyl halides is 2. The predicted molar refractivity (Wildman–Crippen MR) is 126 cm³/mol. The quantitative estimate of drug-likeness (QED) is 0.484. The first kappa shape index (κ1) is 24.5. The van der Waals surface area contributed by atoms with Crippen LogP contribution < -0.4 is 10.1 Å². The molecule has 1 amide bonds. The third-order valence-corrected chi connectivity index (χ3v) is 9.50. The van der Waals surface area contributed by atoms with Gasteiger partial charge in [-0.25, -0.2) is 4.39 Å². The summed E-state index contributed by atoms with van der Waals surface area (Å²) in [5.74, 6) is -0.410. The van der Waals surface area contributed by atoms with Gasteiger partial charge in [-0.1, -0.05) is 0 Å². The second kappa shape index (κ2) is 8.70. The van der Waals surface area contributed by atoms with Crippen molar-refractivity contribution in [1.29, 1.82) is 0 Å². The number of carbonyl (C=O) groups excluding carboxylic acids is 1. The Balaban J connectivity index is 1.45. The average Bonchev–Trinajstić information content (AvgIpc) is 3.53. The Morgan fingerprint density at radius 1 is 1.29 bits per heavy atom. The Labute approximate surface area is 203 Å². The van der Waals surface area contributed by atoms with Crippen LogP contribution in [0.1, 0.15) is 50.4 Å². The number of benzene rings is 1. The Bertz CT molecular complexity index is 1140. The Morgan fingerprint density at radius 2 is 2.00 bits per heavy atom. The first-order valence-corrected chi connectivity index (χ1v) is 13.7. The number of nitrogens with one attached hydrogen (secondary N) is 1. The smallest absolute Gasteiger partial charge is 0.387 e. The highest BCUT2D eigenvalue weighted by Gasteiger charge is 2.47. The largest absolute Gasteiger partial charge is 0.435 e. The van der Waals surface area contributed by atoms with Crippen LogP contribution in [-0.2, 0) is 17.6 Å². The van der Waals surface area contributed by atoms with Gasteiger partial charge in [-0.2, -0.15) is 24.5 Å². The minimum absolute atomic E-state index is 0.0695. The number of halogens is 3. The SMILES string of the molecule is CC(C1CC1)n1nc(-c2cc(OC(F)F)ccc2F)c2c1C[C@H](C(=O)NC1(C)CS(O)(O)C1)CC2. The fourth-order valence-electron chi connectivity index (χ4n) is 5.50. The summed E-state index contributed by atoms with van der Waals surface area (Å²) in [7, 11) is -2.60. The predicted octanol–water partition coefficient (Wildman–Crippen LogP) is 5.01. The van der Waals surface area contributed by atoms with Gasteiger partial charge in [-0.3, -0.25) is 18.6 Å². The van der Waals surface area contributed by atoms with Crippen LogP contribution in [0.4, 0.5) is 13.2 Å². The fourth-order valence-corrected chi connectivity index (χ4v) is 7.60. The molecule has 0 bridgehead atoms. The number of aromatic nitrogens is 2. The number of carbonyl (C=O) groups is 1. The molecular weight excluding hydrogens is 483 g/mol. The van der Waals surface area contributed by atoms with Crippen molar-refractivity contribution >= 4 is 16.5 Å². The van der Waals surface area contributed by atoms with E-state index in [0.717, 1.165) is 36.2 Å². The van der Waals surface area contributed by atoms with Gasteiger partial charge in [0, 0.05) is 29.2 Å². The van der Waals surface area contributed by atoms with E-state index in [4.69, 9.17) is 5.10 Å². The molecule has 3 N–H and O–H groups in total. The summed E-state index contributed by atoms with van der Waals surface area (Å²) in [6.07, 6.45) is 3.59. The van der Waals surface area contributed by atoms with Crippen LogP contribution >= 0.6 is 10.6 Å². The molecule has 1 aromatic carbocycles. The van der Waals surface area contributed by atoms with Crippen molar-refractivity contribution in [2.45, 2.75) is 64.1 Å². The number of fused-ring (bicyclic) bond motifs is 1. The molecule has 1 saturated heterocycles. The zero-order valence-electron chi connectivity index (χ0n) is 19.6. The van der Waals surface area contributed by atoms with Crippen molar-refractivity contribution in [2.75, 3.05) is 11.5 Å². The molecule has 3 aliphatic rings. The minimum Gasteiger partial charge on any atom is -0.435 e. The van der Waals surface area contributed by atoms with Crippen molar-refractivity contribution < 1.29 is 31.8 Å². The van der Waals surface area contributed by atoms with Gasteiger partial charge in [-0.05, 0) is 63.6 Å². The lowest BCUT2D eigenvalue weighted by Gasteiger charge is -2.54. The molecule has 1 aliphatic heterocycles. The highest BCUT2D eigenvalue weighted by atomic mass is 32.3. The standard InChI is InChI=1S/C24H30F3N3O4S/c1-13(14-3-4-14)30-20-9-15(22(31)28-24(2)11-35(32,33)12-24)5-7-17(20)21(29-30)18-10-16(34-23(26)27)6-8-19(18)25/h6,8,10,13-15,23,32-33H,3-5,7,9,11-12H2,1-2H3,(H,28,31)/t13?,15-/m1/s1. The highest BCUT2D eigenvalue weighted by molar-refractivity contribution is 8.25. The number of hydrogen-bond acceptors (Lipinski definition) is 5. The molecule has 5 rings (SSSR count). The van der Waals surface area contributed by atoms with Gasteiger partial charge in [0.25, 0.3) is 0 Å². The summed E-state index contributed by atoms with van der Waals surface area (Å²) in [4.78, 5) is 13.1. The normalized spacial score (nSPS) is 24.3. The second-order valence-electron chi connectivity index (χ2n) is 10.4. The van der Waals surface area contributed by atoms with E-state index >= 15 is 0 Å². The van der Waals surface area contributed by atoms with E-state index in [1.54, 1.807) is 0 Å². The maximum atomic E-state index is 14.8. The number of amides is 1. The summed E-state index contributed by atoms with van der Waals surface area (Å²) < 4.78 is 66.2. The molecule has 2 aromatic rings. The maximum Gasteiger partial charge on any atom is 0.387 e. The van der Waals surface area contributed by atoms with E-state index in [1.165, 1.54) is 6.07 Å². The lowest BCUT2D eigenvalue weighted by Crippen LogP contribution is -2.62. The summed E-state index contributed by atoms with van der Waals surface area (Å²) in [6, 6.07) is 3.59. The molecule has 2 heterocycles. The van der Waals surface area contributed by atoms with Crippen molar-refractivity contribution in [3.63, 3.8) is 0 Å². The average molecular weight is 514 g/mol. The van der Waals surface area contributed by atoms with Gasteiger partial charge in [0.05, 0.1) is 28.8 Å². The van der Waals surface area contributed by atoms with Crippen LogP contribution in [-0.4, -0.2) is 48.4 Å². The Morgan fingerprint density at radius 3 is 2.63 bits per heavy atom. The second-order valence-corrected chi connectivity index (χ2v) is 12.6. The van der Waals surface area contributed by atoms with Crippen LogP contribution in [0.25, 0.3) is 11.3 Å². The van der Waals surface area contributed by atoms with Crippen molar-refractivity contribution in [1.82, 2.24) is 15.1 Å². The van der Waals surface area contributed by atoms with Crippen LogP contribution in [0.2, 0.25) is 0 Å². The Kier molecular flexibility index (Phi) is 6.08. The molecule has 1 aromatic heterocycles. The highest BCUT2D eigenvalue weighted by Crippen LogP contribution is 2.54. The summed E-state index contributed by atoms with van der Waals surface area (Å²) in [5, 5.41) is 7.75. The van der Waals surface area contributed by atoms with Gasteiger partial charge in [0.15, 0.2) is 0 Å². The van der Waals surface area contributed by atoms with Gasteiger partial charge in [0.2, 0.25) is 5.91 Å². The van der Waals surface area contributed by atoms with E-state index in [1.807, 2.05) is 11.6 Å². The number of ether oxygens (including phenoxy) is 1. The molecule has 7 nitrogen and oxygen atoms in total. The van der Waals surface area contributed by atoms with Crippen LogP contribution in [0.5, 0.6) is 5.75 Å². The maximum absolute atomic E-state index is 14.8. The first-order chi connectivity index (χ1) is 16.4. The van der Waals surface area contributed by atoms with Gasteiger partial charge in [-0.15, -0.1) is 0 Å². The van der Waals surface area contributed by atoms with E-state index < -0.39 is 28.6 Å². The lowest BCUT2D eigenvalue weighted by molar-refractivity contribution is -0.126. The molecule has 1 saturated carbocycles. The molecule has 192 valence electrons. The first-order valence-electron chi connectivity index (χ1n) is 11.9. The zero-order chi connectivity index (χ0) is 25.1. The monoisotopic (exact) mass is 513 g/mol. The van der Waals surface area contributed by atoms with Crippen molar-refractivity contribution in [3.8, 4) is 17.0 Å². The van der Waals surface area contributed by atoms with Crippen molar-refractivity contribution in [3.05, 3.63) is 35.3 Å². The molecule has 35 heavy (non-hydrogen) atoms. The third-order valence-electron chi connectivity index (χ3n) is 7.30. The lowest BCUT2D eigenvalue weighted by atomic mass is 9.84. The molecule has 2 atom stereocenters. The zero-order valence-corrected chi connectivity index (χ0v) is 20.5. The Hall–Kier alpha value is -2.24. The molecule has 0 radical (unpaired) electrons. The summed E-state index contributed by atoms with van der Waals surface area (Å²) in [6.45, 7) is 0.853. The number of hydrogen-bond donors (Lipinski definition) is 3. The molecule has 2 aliphatic carbocycles. The van der Waals surface area contributed by atoms with Crippen LogP contribution in [0.3, 0.4) is 0 Å². The number of rotatable bonds is 7. The van der Waals surface area contributed by atoms with E-state index in [9.17, 15) is 27.1 Å². The van der Waals surface area contributed by atoms with E-state index in [0.29, 0.717) is 30.9 Å². The molecule has 1 unspecified atom stereocenters. The molecule has 11 heteroatoms. The van der Waals surface area contributed by atoms with E-state index in [2.05, 4.69) is 17.0 Å². The molecule has 0 spiro atoms. The summed E-state index contributed by atoms with van der Waals surface area (Å²) in [5.41, 5.74) is 1.59. The minimum atomic E-state index is -3.02. The summed E-state index contributed by atoms with van der Waals surface area (Å²) >= 11 is 0.